The van der Waals surface area contributed by atoms with Crippen molar-refractivity contribution in [2.24, 2.45) is 0 Å². The number of non-ortho nitro benzene ring substituents is 1. The van der Waals surface area contributed by atoms with E-state index in [0.29, 0.717) is 0 Å². The number of benzene rings is 1. The monoisotopic (exact) mass is 245 g/mol. The van der Waals surface area contributed by atoms with Crippen LogP contribution >= 0.6 is 0 Å². The maximum absolute atomic E-state index is 10.8. The molecule has 0 saturated heterocycles. The molecule has 6 nitrogen and oxygen atoms in total. The number of H-pyrrole nitrogens is 1. The molecule has 1 aromatic carbocycles. The Morgan fingerprint density at radius 2 is 2.39 bits per heavy atom. The average Bonchev–Trinajstić information content (AvgIpc) is 2.87. The molecule has 3 rings (SSSR count). The molecule has 6 heteroatoms. The van der Waals surface area contributed by atoms with Crippen molar-refractivity contribution in [3.8, 4) is 0 Å². The van der Waals surface area contributed by atoms with Crippen LogP contribution < -0.4 is 5.32 Å². The topological polar surface area (TPSA) is 88.4 Å². The van der Waals surface area contributed by atoms with Gasteiger partial charge in [0.25, 0.3) is 5.69 Å². The minimum Gasteiger partial charge on any atom is -0.348 e. The van der Waals surface area contributed by atoms with Crippen LogP contribution in [0.1, 0.15) is 23.0 Å². The largest absolute Gasteiger partial charge is 0.348 e. The first-order valence-corrected chi connectivity index (χ1v) is 5.85. The fourth-order valence-electron chi connectivity index (χ4n) is 2.43. The van der Waals surface area contributed by atoms with Crippen LogP contribution in [0.4, 0.5) is 5.69 Å². The number of nitrogens with zero attached hydrogens (tertiary/aromatic N) is 2. The number of imidazole rings is 1. The van der Waals surface area contributed by atoms with Crippen LogP contribution in [0.3, 0.4) is 0 Å². The van der Waals surface area contributed by atoms with Crippen LogP contribution in [0.2, 0.25) is 0 Å². The van der Waals surface area contributed by atoms with E-state index in [-0.39, 0.29) is 16.7 Å². The minimum absolute atomic E-state index is 0.0555. The van der Waals surface area contributed by atoms with E-state index < -0.39 is 0 Å². The summed E-state index contributed by atoms with van der Waals surface area (Å²) in [5.41, 5.74) is 3.18. The van der Waals surface area contributed by atoms with E-state index in [0.717, 1.165) is 29.9 Å². The van der Waals surface area contributed by atoms with E-state index in [2.05, 4.69) is 15.3 Å². The van der Waals surface area contributed by atoms with Gasteiger partial charge in [0.15, 0.2) is 6.04 Å². The first-order chi connectivity index (χ1) is 8.75. The predicted octanol–water partition coefficient (Wildman–Crippen LogP) is 0.527. The molecule has 0 bridgehead atoms. The van der Waals surface area contributed by atoms with Crippen LogP contribution in [0.15, 0.2) is 30.6 Å². The Balaban J connectivity index is 2.02. The zero-order valence-corrected chi connectivity index (χ0v) is 9.67. The molecule has 1 atom stereocenters. The molecule has 0 spiro atoms. The van der Waals surface area contributed by atoms with E-state index >= 15 is 0 Å². The number of rotatable bonds is 2. The SMILES string of the molecule is O=[N+]([O-])c1cccc([C@@H]2[NH2+]CCc3[nH]cnc32)c1. The van der Waals surface area contributed by atoms with Gasteiger partial charge in [-0.3, -0.25) is 10.1 Å². The highest BCUT2D eigenvalue weighted by atomic mass is 16.6. The molecule has 92 valence electrons. The maximum atomic E-state index is 10.8. The molecule has 0 fully saturated rings. The van der Waals surface area contributed by atoms with Gasteiger partial charge in [-0.1, -0.05) is 12.1 Å². The van der Waals surface area contributed by atoms with Crippen molar-refractivity contribution in [1.82, 2.24) is 9.97 Å². The minimum atomic E-state index is -0.363. The third kappa shape index (κ3) is 1.76. The van der Waals surface area contributed by atoms with Crippen LogP contribution in [0.5, 0.6) is 0 Å². The second-order valence-electron chi connectivity index (χ2n) is 4.37. The number of aromatic amines is 1. The van der Waals surface area contributed by atoms with Gasteiger partial charge < -0.3 is 10.3 Å². The van der Waals surface area contributed by atoms with E-state index in [1.807, 2.05) is 6.07 Å². The predicted molar refractivity (Wildman–Crippen MR) is 64.0 cm³/mol. The van der Waals surface area contributed by atoms with Gasteiger partial charge in [0.05, 0.1) is 17.8 Å². The van der Waals surface area contributed by atoms with Crippen molar-refractivity contribution in [3.63, 3.8) is 0 Å². The fourth-order valence-corrected chi connectivity index (χ4v) is 2.43. The third-order valence-corrected chi connectivity index (χ3v) is 3.28. The zero-order valence-electron chi connectivity index (χ0n) is 9.67. The Morgan fingerprint density at radius 1 is 1.50 bits per heavy atom. The summed E-state index contributed by atoms with van der Waals surface area (Å²) in [5, 5.41) is 13.0. The molecule has 2 heterocycles. The van der Waals surface area contributed by atoms with Gasteiger partial charge in [0.2, 0.25) is 0 Å². The van der Waals surface area contributed by atoms with Crippen molar-refractivity contribution in [2.45, 2.75) is 12.5 Å². The number of fused-ring (bicyclic) bond motifs is 1. The quantitative estimate of drug-likeness (QED) is 0.597. The first-order valence-electron chi connectivity index (χ1n) is 5.85. The highest BCUT2D eigenvalue weighted by Crippen LogP contribution is 2.24. The van der Waals surface area contributed by atoms with Crippen LogP contribution in [0, 0.1) is 10.1 Å². The zero-order chi connectivity index (χ0) is 12.5. The van der Waals surface area contributed by atoms with E-state index in [1.165, 1.54) is 6.07 Å². The summed E-state index contributed by atoms with van der Waals surface area (Å²) in [7, 11) is 0. The number of nitrogens with two attached hydrogens (primary N) is 1. The smallest absolute Gasteiger partial charge is 0.269 e. The number of aromatic nitrogens is 2. The summed E-state index contributed by atoms with van der Waals surface area (Å²) in [5.74, 6) is 0. The van der Waals surface area contributed by atoms with Gasteiger partial charge in [-0.15, -0.1) is 0 Å². The molecule has 3 N–H and O–H groups in total. The standard InChI is InChI=1S/C12H12N4O2/c17-16(18)9-3-1-2-8(6-9)11-12-10(4-5-13-11)14-7-15-12/h1-3,6-7,11,13H,4-5H2,(H,14,15)/p+1/t11-/m0/s1. The summed E-state index contributed by atoms with van der Waals surface area (Å²) in [6, 6.07) is 6.84. The normalized spacial score (nSPS) is 18.3. The molecule has 0 radical (unpaired) electrons. The lowest BCUT2D eigenvalue weighted by Gasteiger charge is -2.19. The van der Waals surface area contributed by atoms with Crippen LogP contribution in [-0.4, -0.2) is 21.4 Å². The molecule has 18 heavy (non-hydrogen) atoms. The molecule has 0 unspecified atom stereocenters. The van der Waals surface area contributed by atoms with Gasteiger partial charge in [0.1, 0.15) is 5.69 Å². The summed E-state index contributed by atoms with van der Waals surface area (Å²) in [6.07, 6.45) is 2.65. The number of nitro groups is 1. The van der Waals surface area contributed by atoms with Crippen molar-refractivity contribution in [3.05, 3.63) is 57.7 Å². The highest BCUT2D eigenvalue weighted by Gasteiger charge is 2.28. The van der Waals surface area contributed by atoms with Gasteiger partial charge in [-0.2, -0.15) is 0 Å². The van der Waals surface area contributed by atoms with E-state index in [9.17, 15) is 10.1 Å². The van der Waals surface area contributed by atoms with Crippen LogP contribution in [0.25, 0.3) is 0 Å². The summed E-state index contributed by atoms with van der Waals surface area (Å²) in [6.45, 7) is 0.961. The lowest BCUT2D eigenvalue weighted by Crippen LogP contribution is -2.87. The molecule has 1 aromatic heterocycles. The Bertz CT molecular complexity index is 593. The van der Waals surface area contributed by atoms with Crippen molar-refractivity contribution < 1.29 is 10.2 Å². The highest BCUT2D eigenvalue weighted by molar-refractivity contribution is 5.38. The second kappa shape index (κ2) is 4.23. The number of hydrogen-bond donors (Lipinski definition) is 2. The number of nitro benzene ring substituents is 1. The lowest BCUT2D eigenvalue weighted by molar-refractivity contribution is -0.690. The molecule has 1 aliphatic rings. The molecule has 0 amide bonds. The van der Waals surface area contributed by atoms with Gasteiger partial charge in [0, 0.05) is 29.8 Å². The first kappa shape index (κ1) is 10.9. The average molecular weight is 245 g/mol. The number of quaternary nitrogens is 1. The van der Waals surface area contributed by atoms with Crippen molar-refractivity contribution in [2.75, 3.05) is 6.54 Å². The summed E-state index contributed by atoms with van der Waals surface area (Å²) < 4.78 is 0. The van der Waals surface area contributed by atoms with E-state index in [1.54, 1.807) is 18.5 Å². The molecule has 1 aliphatic heterocycles. The van der Waals surface area contributed by atoms with Gasteiger partial charge >= 0.3 is 0 Å². The molecule has 0 saturated carbocycles. The van der Waals surface area contributed by atoms with Crippen molar-refractivity contribution >= 4 is 5.69 Å². The number of nitrogens with one attached hydrogen (secondary N) is 1. The van der Waals surface area contributed by atoms with Crippen molar-refractivity contribution in [1.29, 1.82) is 0 Å². The summed E-state index contributed by atoms with van der Waals surface area (Å²) >= 11 is 0. The summed E-state index contributed by atoms with van der Waals surface area (Å²) in [4.78, 5) is 17.9. The second-order valence-corrected chi connectivity index (χ2v) is 4.37. The molecule has 2 aromatic rings. The Morgan fingerprint density at radius 3 is 3.22 bits per heavy atom. The molecular formula is C12H13N4O2+. The lowest BCUT2D eigenvalue weighted by atomic mass is 9.98. The Kier molecular flexibility index (Phi) is 2.56. The van der Waals surface area contributed by atoms with Crippen LogP contribution in [-0.2, 0) is 6.42 Å². The Labute approximate surface area is 103 Å². The van der Waals surface area contributed by atoms with Gasteiger partial charge in [-0.25, -0.2) is 4.98 Å². The third-order valence-electron chi connectivity index (χ3n) is 3.28. The Hall–Kier alpha value is -2.21. The maximum Gasteiger partial charge on any atom is 0.269 e. The number of hydrogen-bond acceptors (Lipinski definition) is 3. The van der Waals surface area contributed by atoms with E-state index in [4.69, 9.17) is 0 Å². The fraction of sp³-hybridized carbons (Fsp3) is 0.250. The molecular weight excluding hydrogens is 232 g/mol. The molecule has 0 aliphatic carbocycles. The van der Waals surface area contributed by atoms with Gasteiger partial charge in [-0.05, 0) is 0 Å².